The van der Waals surface area contributed by atoms with Crippen LogP contribution in [0.3, 0.4) is 0 Å². The van der Waals surface area contributed by atoms with Crippen molar-refractivity contribution >= 4 is 23.3 Å². The molecule has 2 aromatic rings. The van der Waals surface area contributed by atoms with Crippen molar-refractivity contribution in [3.05, 3.63) is 36.2 Å². The van der Waals surface area contributed by atoms with E-state index < -0.39 is 0 Å². The summed E-state index contributed by atoms with van der Waals surface area (Å²) in [7, 11) is 1.73. The van der Waals surface area contributed by atoms with Crippen LogP contribution in [0.1, 0.15) is 45.1 Å². The highest BCUT2D eigenvalue weighted by molar-refractivity contribution is 7.99. The number of methoxy groups -OCH3 is 1. The third kappa shape index (κ3) is 4.93. The molecule has 2 aliphatic rings. The largest absolute Gasteiger partial charge is 0.364 e. The Kier molecular flexibility index (Phi) is 6.73. The number of aromatic nitrogens is 2. The van der Waals surface area contributed by atoms with Crippen LogP contribution >= 0.6 is 11.8 Å². The maximum absolute atomic E-state index is 5.47. The van der Waals surface area contributed by atoms with Gasteiger partial charge in [0.1, 0.15) is 11.8 Å². The molecule has 6 heteroatoms. The normalized spacial score (nSPS) is 17.4. The lowest BCUT2D eigenvalue weighted by Crippen LogP contribution is -2.33. The first-order chi connectivity index (χ1) is 14.1. The Hall–Kier alpha value is -1.63. The molecule has 0 bridgehead atoms. The smallest absolute Gasteiger partial charge is 0.168 e. The summed E-state index contributed by atoms with van der Waals surface area (Å²) < 4.78 is 5.47. The molecular weight excluding hydrogens is 380 g/mol. The minimum atomic E-state index is 0.476. The van der Waals surface area contributed by atoms with Gasteiger partial charge in [0.2, 0.25) is 0 Å². The average molecular weight is 413 g/mol. The number of anilines is 2. The Morgan fingerprint density at radius 3 is 2.72 bits per heavy atom. The number of fused-ring (bicyclic) bond motifs is 2. The fourth-order valence-electron chi connectivity index (χ4n) is 4.27. The molecule has 0 saturated carbocycles. The van der Waals surface area contributed by atoms with E-state index in [4.69, 9.17) is 4.74 Å². The Balaban J connectivity index is 1.43. The van der Waals surface area contributed by atoms with Crippen molar-refractivity contribution < 1.29 is 4.74 Å². The number of rotatable bonds is 7. The lowest BCUT2D eigenvalue weighted by atomic mass is 9.89. The summed E-state index contributed by atoms with van der Waals surface area (Å²) in [4.78, 5) is 15.0. The zero-order chi connectivity index (χ0) is 20.2. The zero-order valence-electron chi connectivity index (χ0n) is 17.8. The predicted octanol–water partition coefficient (Wildman–Crippen LogP) is 5.33. The van der Waals surface area contributed by atoms with Crippen LogP contribution in [0.15, 0.2) is 40.5 Å². The quantitative estimate of drug-likeness (QED) is 0.612. The number of hydrogen-bond donors (Lipinski definition) is 0. The van der Waals surface area contributed by atoms with Gasteiger partial charge in [-0.25, -0.2) is 9.97 Å². The molecule has 5 nitrogen and oxygen atoms in total. The standard InChI is InChI=1S/C23H32N4OS/c1-17(2)4-5-18-8-12-26(13-9-18)15-19-6-7-21-20(14-19)27(16-28-3)22-23(29-21)25-11-10-24-22/h6-7,10-11,14,17-18H,4-5,8-9,12-13,15-16H2,1-3H3. The van der Waals surface area contributed by atoms with E-state index >= 15 is 0 Å². The van der Waals surface area contributed by atoms with Gasteiger partial charge in [-0.3, -0.25) is 9.80 Å². The molecule has 0 amide bonds. The minimum Gasteiger partial charge on any atom is -0.364 e. The summed E-state index contributed by atoms with van der Waals surface area (Å²) in [5, 5.41) is 0.938. The highest BCUT2D eigenvalue weighted by Gasteiger charge is 2.26. The second-order valence-electron chi connectivity index (χ2n) is 8.63. The Labute approximate surface area is 178 Å². The number of piperidine rings is 1. The topological polar surface area (TPSA) is 41.5 Å². The Morgan fingerprint density at radius 1 is 1.17 bits per heavy atom. The van der Waals surface area contributed by atoms with Crippen molar-refractivity contribution in [3.63, 3.8) is 0 Å². The van der Waals surface area contributed by atoms with Crippen molar-refractivity contribution in [2.45, 2.75) is 56.0 Å². The molecule has 0 unspecified atom stereocenters. The van der Waals surface area contributed by atoms with E-state index in [9.17, 15) is 0 Å². The van der Waals surface area contributed by atoms with Crippen LogP contribution < -0.4 is 4.90 Å². The minimum absolute atomic E-state index is 0.476. The van der Waals surface area contributed by atoms with Crippen LogP contribution in [0.2, 0.25) is 0 Å². The van der Waals surface area contributed by atoms with E-state index in [-0.39, 0.29) is 0 Å². The number of likely N-dealkylation sites (tertiary alicyclic amines) is 1. The van der Waals surface area contributed by atoms with Crippen molar-refractivity contribution in [1.29, 1.82) is 0 Å². The molecule has 0 atom stereocenters. The van der Waals surface area contributed by atoms with Gasteiger partial charge in [0.25, 0.3) is 0 Å². The van der Waals surface area contributed by atoms with Crippen LogP contribution in [0, 0.1) is 11.8 Å². The van der Waals surface area contributed by atoms with Crippen LogP contribution in [-0.2, 0) is 11.3 Å². The highest BCUT2D eigenvalue weighted by atomic mass is 32.2. The van der Waals surface area contributed by atoms with Gasteiger partial charge in [-0.2, -0.15) is 0 Å². The molecule has 1 aromatic heterocycles. The second-order valence-corrected chi connectivity index (χ2v) is 9.66. The van der Waals surface area contributed by atoms with Crippen molar-refractivity contribution in [3.8, 4) is 0 Å². The monoisotopic (exact) mass is 412 g/mol. The van der Waals surface area contributed by atoms with Gasteiger partial charge in [0.05, 0.1) is 5.69 Å². The van der Waals surface area contributed by atoms with E-state index in [1.54, 1.807) is 31.3 Å². The van der Waals surface area contributed by atoms with Crippen molar-refractivity contribution in [2.24, 2.45) is 11.8 Å². The fourth-order valence-corrected chi connectivity index (χ4v) is 5.26. The first-order valence-corrected chi connectivity index (χ1v) is 11.6. The lowest BCUT2D eigenvalue weighted by Gasteiger charge is -2.33. The third-order valence-electron chi connectivity index (χ3n) is 5.95. The summed E-state index contributed by atoms with van der Waals surface area (Å²) in [6.07, 6.45) is 8.95. The summed E-state index contributed by atoms with van der Waals surface area (Å²) in [5.74, 6) is 2.63. The van der Waals surface area contributed by atoms with Crippen LogP contribution in [0.4, 0.5) is 11.5 Å². The van der Waals surface area contributed by atoms with Crippen molar-refractivity contribution in [2.75, 3.05) is 31.8 Å². The van der Waals surface area contributed by atoms with Crippen LogP contribution in [0.25, 0.3) is 0 Å². The van der Waals surface area contributed by atoms with E-state index in [0.717, 1.165) is 29.2 Å². The van der Waals surface area contributed by atoms with Crippen LogP contribution in [-0.4, -0.2) is 41.8 Å². The molecule has 0 N–H and O–H groups in total. The number of benzene rings is 1. The molecule has 156 valence electrons. The SMILES string of the molecule is COCN1c2cc(CN3CCC(CCC(C)C)CC3)ccc2Sc2nccnc21. The molecular formula is C23H32N4OS. The van der Waals surface area contributed by atoms with Gasteiger partial charge in [0, 0.05) is 30.9 Å². The van der Waals surface area contributed by atoms with Gasteiger partial charge >= 0.3 is 0 Å². The molecule has 0 radical (unpaired) electrons. The van der Waals surface area contributed by atoms with E-state index in [1.165, 1.54) is 54.9 Å². The Bertz CT molecular complexity index is 820. The molecule has 1 saturated heterocycles. The number of nitrogens with zero attached hydrogens (tertiary/aromatic N) is 4. The molecule has 3 heterocycles. The van der Waals surface area contributed by atoms with E-state index in [1.807, 2.05) is 0 Å². The average Bonchev–Trinajstić information content (AvgIpc) is 2.73. The summed E-state index contributed by atoms with van der Waals surface area (Å²) in [6.45, 7) is 8.59. The molecule has 0 spiro atoms. The maximum Gasteiger partial charge on any atom is 0.168 e. The maximum atomic E-state index is 5.47. The van der Waals surface area contributed by atoms with E-state index in [2.05, 4.69) is 51.8 Å². The summed E-state index contributed by atoms with van der Waals surface area (Å²) in [5.41, 5.74) is 2.53. The second kappa shape index (κ2) is 9.45. The molecule has 1 aromatic carbocycles. The molecule has 2 aliphatic heterocycles. The molecule has 1 fully saturated rings. The van der Waals surface area contributed by atoms with Gasteiger partial charge in [0.15, 0.2) is 5.82 Å². The van der Waals surface area contributed by atoms with Crippen LogP contribution in [0.5, 0.6) is 0 Å². The molecule has 29 heavy (non-hydrogen) atoms. The Morgan fingerprint density at radius 2 is 1.97 bits per heavy atom. The van der Waals surface area contributed by atoms with Gasteiger partial charge in [-0.05, 0) is 55.5 Å². The predicted molar refractivity (Wildman–Crippen MR) is 119 cm³/mol. The van der Waals surface area contributed by atoms with Gasteiger partial charge in [-0.15, -0.1) is 0 Å². The van der Waals surface area contributed by atoms with E-state index in [0.29, 0.717) is 6.73 Å². The molecule has 4 rings (SSSR count). The highest BCUT2D eigenvalue weighted by Crippen LogP contribution is 2.46. The summed E-state index contributed by atoms with van der Waals surface area (Å²) in [6, 6.07) is 6.80. The first-order valence-electron chi connectivity index (χ1n) is 10.7. The summed E-state index contributed by atoms with van der Waals surface area (Å²) >= 11 is 1.69. The fraction of sp³-hybridized carbons (Fsp3) is 0.565. The molecule has 0 aliphatic carbocycles. The zero-order valence-corrected chi connectivity index (χ0v) is 18.6. The van der Waals surface area contributed by atoms with Gasteiger partial charge in [-0.1, -0.05) is 44.5 Å². The number of ether oxygens (including phenoxy) is 1. The number of hydrogen-bond acceptors (Lipinski definition) is 6. The lowest BCUT2D eigenvalue weighted by molar-refractivity contribution is 0.168. The third-order valence-corrected chi connectivity index (χ3v) is 6.99. The first kappa shape index (κ1) is 20.6. The van der Waals surface area contributed by atoms with Crippen molar-refractivity contribution in [1.82, 2.24) is 14.9 Å². The van der Waals surface area contributed by atoms with Gasteiger partial charge < -0.3 is 4.74 Å².